The van der Waals surface area contributed by atoms with Gasteiger partial charge in [-0.3, -0.25) is 5.01 Å². The molecule has 0 amide bonds. The van der Waals surface area contributed by atoms with E-state index in [-0.39, 0.29) is 5.66 Å². The van der Waals surface area contributed by atoms with Crippen LogP contribution in [-0.4, -0.2) is 24.3 Å². The van der Waals surface area contributed by atoms with Gasteiger partial charge in [-0.25, -0.2) is 5.43 Å². The van der Waals surface area contributed by atoms with E-state index in [0.717, 1.165) is 11.3 Å². The zero-order valence-electron chi connectivity index (χ0n) is 9.57. The molecule has 86 valence electrons. The highest BCUT2D eigenvalue weighted by Gasteiger charge is 2.35. The monoisotopic (exact) mass is 237 g/mol. The minimum atomic E-state index is -0.349. The summed E-state index contributed by atoms with van der Waals surface area (Å²) in [5.41, 5.74) is 4.04. The minimum Gasteiger partial charge on any atom is -0.497 e. The molecule has 0 spiro atoms. The SMILES string of the molecule is COc1ccc(C2(C)NC(=S)N(C)N2)cc1. The fraction of sp³-hybridized carbons (Fsp3) is 0.364. The second-order valence-electron chi connectivity index (χ2n) is 3.95. The van der Waals surface area contributed by atoms with Crippen molar-refractivity contribution in [1.82, 2.24) is 15.8 Å². The molecule has 1 unspecified atom stereocenters. The number of benzene rings is 1. The lowest BCUT2D eigenvalue weighted by Crippen LogP contribution is -2.44. The largest absolute Gasteiger partial charge is 0.497 e. The molecule has 1 saturated heterocycles. The summed E-state index contributed by atoms with van der Waals surface area (Å²) in [4.78, 5) is 0. The molecule has 2 N–H and O–H groups in total. The van der Waals surface area contributed by atoms with Crippen LogP contribution in [0.2, 0.25) is 0 Å². The lowest BCUT2D eigenvalue weighted by atomic mass is 10.0. The molecule has 0 aliphatic carbocycles. The maximum absolute atomic E-state index is 5.17. The van der Waals surface area contributed by atoms with Crippen molar-refractivity contribution < 1.29 is 4.74 Å². The van der Waals surface area contributed by atoms with Crippen LogP contribution in [0.3, 0.4) is 0 Å². The second kappa shape index (κ2) is 3.92. The van der Waals surface area contributed by atoms with E-state index in [4.69, 9.17) is 17.0 Å². The Morgan fingerprint density at radius 1 is 1.31 bits per heavy atom. The van der Waals surface area contributed by atoms with Crippen molar-refractivity contribution in [3.63, 3.8) is 0 Å². The van der Waals surface area contributed by atoms with Crippen LogP contribution in [0, 0.1) is 0 Å². The van der Waals surface area contributed by atoms with Crippen LogP contribution >= 0.6 is 12.2 Å². The normalized spacial score (nSPS) is 24.4. The summed E-state index contributed by atoms with van der Waals surface area (Å²) >= 11 is 5.17. The van der Waals surface area contributed by atoms with Gasteiger partial charge in [-0.15, -0.1) is 0 Å². The van der Waals surface area contributed by atoms with Gasteiger partial charge in [0, 0.05) is 7.05 Å². The third kappa shape index (κ3) is 1.83. The maximum Gasteiger partial charge on any atom is 0.185 e. The molecule has 0 bridgehead atoms. The van der Waals surface area contributed by atoms with Crippen molar-refractivity contribution in [2.45, 2.75) is 12.6 Å². The quantitative estimate of drug-likeness (QED) is 0.756. The van der Waals surface area contributed by atoms with Crippen molar-refractivity contribution >= 4 is 17.3 Å². The molecule has 2 rings (SSSR count). The summed E-state index contributed by atoms with van der Waals surface area (Å²) < 4.78 is 5.13. The predicted octanol–water partition coefficient (Wildman–Crippen LogP) is 1.19. The van der Waals surface area contributed by atoms with Gasteiger partial charge in [-0.2, -0.15) is 0 Å². The van der Waals surface area contributed by atoms with Gasteiger partial charge in [0.25, 0.3) is 0 Å². The number of thiocarbonyl (C=S) groups is 1. The summed E-state index contributed by atoms with van der Waals surface area (Å²) in [6.45, 7) is 2.05. The molecule has 1 heterocycles. The van der Waals surface area contributed by atoms with Gasteiger partial charge < -0.3 is 10.1 Å². The van der Waals surface area contributed by atoms with Crippen molar-refractivity contribution in [3.05, 3.63) is 29.8 Å². The van der Waals surface area contributed by atoms with Crippen LogP contribution in [-0.2, 0) is 5.66 Å². The van der Waals surface area contributed by atoms with Gasteiger partial charge in [0.15, 0.2) is 5.11 Å². The Morgan fingerprint density at radius 3 is 2.38 bits per heavy atom. The van der Waals surface area contributed by atoms with Crippen molar-refractivity contribution in [2.24, 2.45) is 0 Å². The molecule has 1 atom stereocenters. The highest BCUT2D eigenvalue weighted by atomic mass is 32.1. The van der Waals surface area contributed by atoms with Crippen LogP contribution in [0.25, 0.3) is 0 Å². The molecular weight excluding hydrogens is 222 g/mol. The van der Waals surface area contributed by atoms with E-state index in [2.05, 4.69) is 10.7 Å². The second-order valence-corrected chi connectivity index (χ2v) is 4.34. The number of ether oxygens (including phenoxy) is 1. The fourth-order valence-electron chi connectivity index (χ4n) is 1.77. The average Bonchev–Trinajstić information content (AvgIpc) is 2.54. The number of nitrogens with one attached hydrogen (secondary N) is 2. The molecule has 1 aliphatic rings. The summed E-state index contributed by atoms with van der Waals surface area (Å²) in [6, 6.07) is 7.90. The Balaban J connectivity index is 2.26. The van der Waals surface area contributed by atoms with E-state index in [1.54, 1.807) is 12.1 Å². The molecule has 16 heavy (non-hydrogen) atoms. The topological polar surface area (TPSA) is 36.5 Å². The van der Waals surface area contributed by atoms with Crippen molar-refractivity contribution in [3.8, 4) is 5.75 Å². The summed E-state index contributed by atoms with van der Waals surface area (Å²) in [5, 5.41) is 5.74. The average molecular weight is 237 g/mol. The molecule has 1 aromatic carbocycles. The molecule has 5 heteroatoms. The van der Waals surface area contributed by atoms with E-state index in [1.807, 2.05) is 38.2 Å². The number of methoxy groups -OCH3 is 1. The first kappa shape index (κ1) is 11.2. The first-order chi connectivity index (χ1) is 7.55. The standard InChI is InChI=1S/C11H15N3OS/c1-11(12-10(16)14(2)13-11)8-4-6-9(15-3)7-5-8/h4-7,13H,1-3H3,(H,12,16). The fourth-order valence-corrected chi connectivity index (χ4v) is 2.02. The van der Waals surface area contributed by atoms with E-state index in [0.29, 0.717) is 5.11 Å². The smallest absolute Gasteiger partial charge is 0.185 e. The zero-order chi connectivity index (χ0) is 11.8. The van der Waals surface area contributed by atoms with Crippen LogP contribution in [0.15, 0.2) is 24.3 Å². The summed E-state index contributed by atoms with van der Waals surface area (Å²) in [7, 11) is 3.55. The molecule has 0 aromatic heterocycles. The number of rotatable bonds is 2. The Bertz CT molecular complexity index is 406. The summed E-state index contributed by atoms with van der Waals surface area (Å²) in [6.07, 6.45) is 0. The Hall–Kier alpha value is -1.33. The van der Waals surface area contributed by atoms with Crippen LogP contribution < -0.4 is 15.5 Å². The first-order valence-corrected chi connectivity index (χ1v) is 5.44. The van der Waals surface area contributed by atoms with Crippen LogP contribution in [0.4, 0.5) is 0 Å². The molecule has 0 saturated carbocycles. The van der Waals surface area contributed by atoms with Gasteiger partial charge in [-0.1, -0.05) is 12.1 Å². The molecule has 1 fully saturated rings. The third-order valence-corrected chi connectivity index (χ3v) is 3.10. The van der Waals surface area contributed by atoms with Gasteiger partial charge >= 0.3 is 0 Å². The van der Waals surface area contributed by atoms with Crippen molar-refractivity contribution in [2.75, 3.05) is 14.2 Å². The lowest BCUT2D eigenvalue weighted by Gasteiger charge is -2.25. The molecule has 1 aromatic rings. The van der Waals surface area contributed by atoms with Gasteiger partial charge in [0.1, 0.15) is 11.4 Å². The van der Waals surface area contributed by atoms with Gasteiger partial charge in [0.05, 0.1) is 7.11 Å². The number of hydrogen-bond donors (Lipinski definition) is 2. The Labute approximate surface area is 101 Å². The van der Waals surface area contributed by atoms with Crippen LogP contribution in [0.1, 0.15) is 12.5 Å². The third-order valence-electron chi connectivity index (χ3n) is 2.72. The number of hydrogen-bond acceptors (Lipinski definition) is 3. The number of hydrazine groups is 1. The Morgan fingerprint density at radius 2 is 1.94 bits per heavy atom. The van der Waals surface area contributed by atoms with E-state index < -0.39 is 0 Å². The molecule has 4 nitrogen and oxygen atoms in total. The zero-order valence-corrected chi connectivity index (χ0v) is 10.4. The van der Waals surface area contributed by atoms with E-state index in [9.17, 15) is 0 Å². The number of nitrogens with zero attached hydrogens (tertiary/aromatic N) is 1. The highest BCUT2D eigenvalue weighted by molar-refractivity contribution is 7.80. The van der Waals surface area contributed by atoms with Gasteiger partial charge in [-0.05, 0) is 36.8 Å². The Kier molecular flexibility index (Phi) is 2.73. The van der Waals surface area contributed by atoms with Crippen LogP contribution in [0.5, 0.6) is 5.75 Å². The summed E-state index contributed by atoms with van der Waals surface area (Å²) in [5.74, 6) is 0.848. The highest BCUT2D eigenvalue weighted by Crippen LogP contribution is 2.24. The minimum absolute atomic E-state index is 0.349. The predicted molar refractivity (Wildman–Crippen MR) is 67.0 cm³/mol. The molecular formula is C11H15N3OS. The molecule has 0 radical (unpaired) electrons. The first-order valence-electron chi connectivity index (χ1n) is 5.03. The van der Waals surface area contributed by atoms with Gasteiger partial charge in [0.2, 0.25) is 0 Å². The van der Waals surface area contributed by atoms with E-state index >= 15 is 0 Å². The van der Waals surface area contributed by atoms with Crippen molar-refractivity contribution in [1.29, 1.82) is 0 Å². The maximum atomic E-state index is 5.17. The van der Waals surface area contributed by atoms with E-state index in [1.165, 1.54) is 0 Å². The molecule has 1 aliphatic heterocycles. The lowest BCUT2D eigenvalue weighted by molar-refractivity contribution is 0.266.